The van der Waals surface area contributed by atoms with E-state index in [-0.39, 0.29) is 25.3 Å². The summed E-state index contributed by atoms with van der Waals surface area (Å²) in [5.74, 6) is -5.98. The van der Waals surface area contributed by atoms with Gasteiger partial charge in [-0.3, -0.25) is 24.2 Å². The summed E-state index contributed by atoms with van der Waals surface area (Å²) in [4.78, 5) is 62.9. The van der Waals surface area contributed by atoms with Crippen molar-refractivity contribution in [2.75, 3.05) is 13.2 Å². The SMILES string of the molecule is CC(C)[C@H](NC(=O)[C@H](CO)NC(=O)[C@@H](N)CC(=O)O)C(=O)N[C@@H](CCCN=C(N)N)C(=O)O. The number of aliphatic carboxylic acids is 2. The summed E-state index contributed by atoms with van der Waals surface area (Å²) in [6, 6.07) is -5.44. The van der Waals surface area contributed by atoms with Crippen molar-refractivity contribution in [3.8, 4) is 0 Å². The molecule has 0 aromatic heterocycles. The van der Waals surface area contributed by atoms with Crippen molar-refractivity contribution in [3.63, 3.8) is 0 Å². The van der Waals surface area contributed by atoms with Gasteiger partial charge in [0.05, 0.1) is 19.1 Å². The van der Waals surface area contributed by atoms with E-state index in [0.29, 0.717) is 0 Å². The molecule has 0 aromatic rings. The maximum atomic E-state index is 12.6. The highest BCUT2D eigenvalue weighted by atomic mass is 16.4. The number of amides is 3. The highest BCUT2D eigenvalue weighted by molar-refractivity contribution is 5.94. The van der Waals surface area contributed by atoms with E-state index in [1.165, 1.54) is 0 Å². The van der Waals surface area contributed by atoms with Gasteiger partial charge < -0.3 is 48.5 Å². The van der Waals surface area contributed by atoms with Crippen molar-refractivity contribution in [2.45, 2.75) is 57.3 Å². The molecule has 0 rings (SSSR count). The molecule has 0 radical (unpaired) electrons. The summed E-state index contributed by atoms with van der Waals surface area (Å²) < 4.78 is 0. The summed E-state index contributed by atoms with van der Waals surface area (Å²) in [7, 11) is 0. The largest absolute Gasteiger partial charge is 0.481 e. The van der Waals surface area contributed by atoms with Crippen molar-refractivity contribution in [2.24, 2.45) is 28.1 Å². The molecule has 0 aliphatic carbocycles. The number of aliphatic hydroxyl groups is 1. The van der Waals surface area contributed by atoms with Crippen LogP contribution in [0, 0.1) is 5.92 Å². The van der Waals surface area contributed by atoms with E-state index in [2.05, 4.69) is 20.9 Å². The Hall–Kier alpha value is -3.46. The van der Waals surface area contributed by atoms with Crippen LogP contribution in [0.1, 0.15) is 33.1 Å². The fourth-order valence-electron chi connectivity index (χ4n) is 2.56. The average molecular weight is 476 g/mol. The van der Waals surface area contributed by atoms with Gasteiger partial charge in [0.1, 0.15) is 18.1 Å². The number of carbonyl (C=O) groups is 5. The lowest BCUT2D eigenvalue weighted by atomic mass is 10.0. The highest BCUT2D eigenvalue weighted by Crippen LogP contribution is 2.06. The number of aliphatic hydroxyl groups excluding tert-OH is 1. The normalized spacial score (nSPS) is 14.3. The zero-order chi connectivity index (χ0) is 25.7. The Morgan fingerprint density at radius 3 is 1.94 bits per heavy atom. The standard InChI is InChI=1S/C18H33N7O8/c1-8(2)13(16(31)23-10(17(32)33)4-3-5-22-18(20)21)25-15(30)11(7-26)24-14(29)9(19)6-12(27)28/h8-11,13,26H,3-7,19H2,1-2H3,(H,23,31)(H,24,29)(H,25,30)(H,27,28)(H,32,33)(H4,20,21,22)/t9-,10-,11-,13-/m0/s1. The quantitative estimate of drug-likeness (QED) is 0.0625. The number of nitrogens with zero attached hydrogens (tertiary/aromatic N) is 1. The number of guanidine groups is 1. The van der Waals surface area contributed by atoms with Gasteiger partial charge in [0.15, 0.2) is 5.96 Å². The molecule has 0 fully saturated rings. The van der Waals surface area contributed by atoms with Crippen LogP contribution >= 0.6 is 0 Å². The molecule has 15 heteroatoms. The van der Waals surface area contributed by atoms with Crippen LogP contribution in [0.3, 0.4) is 0 Å². The van der Waals surface area contributed by atoms with Gasteiger partial charge in [0.25, 0.3) is 0 Å². The van der Waals surface area contributed by atoms with Crippen LogP contribution in [0.5, 0.6) is 0 Å². The fraction of sp³-hybridized carbons (Fsp3) is 0.667. The molecule has 0 aromatic carbocycles. The Morgan fingerprint density at radius 2 is 1.48 bits per heavy atom. The zero-order valence-corrected chi connectivity index (χ0v) is 18.5. The van der Waals surface area contributed by atoms with E-state index < -0.39 is 72.8 Å². The van der Waals surface area contributed by atoms with Gasteiger partial charge in [-0.1, -0.05) is 13.8 Å². The Labute approximate surface area is 190 Å². The fourth-order valence-corrected chi connectivity index (χ4v) is 2.56. The molecule has 15 nitrogen and oxygen atoms in total. The lowest BCUT2D eigenvalue weighted by molar-refractivity contribution is -0.142. The Balaban J connectivity index is 5.15. The molecule has 3 amide bonds. The molecule has 33 heavy (non-hydrogen) atoms. The predicted octanol–water partition coefficient (Wildman–Crippen LogP) is -3.97. The van der Waals surface area contributed by atoms with E-state index >= 15 is 0 Å². The van der Waals surface area contributed by atoms with Crippen LogP contribution < -0.4 is 33.2 Å². The van der Waals surface area contributed by atoms with Crippen molar-refractivity contribution >= 4 is 35.6 Å². The number of hydrogen-bond acceptors (Lipinski definition) is 8. The number of nitrogens with two attached hydrogens (primary N) is 3. The molecular formula is C18H33N7O8. The number of carboxylic acid groups (broad SMARTS) is 2. The van der Waals surface area contributed by atoms with E-state index in [0.717, 1.165) is 0 Å². The summed E-state index contributed by atoms with van der Waals surface area (Å²) in [6.45, 7) is 2.49. The minimum Gasteiger partial charge on any atom is -0.481 e. The van der Waals surface area contributed by atoms with E-state index in [4.69, 9.17) is 22.3 Å². The molecule has 0 unspecified atom stereocenters. The van der Waals surface area contributed by atoms with Crippen LogP contribution in [-0.2, 0) is 24.0 Å². The van der Waals surface area contributed by atoms with Crippen molar-refractivity contribution in [1.29, 1.82) is 0 Å². The van der Waals surface area contributed by atoms with Gasteiger partial charge in [-0.05, 0) is 18.8 Å². The molecular weight excluding hydrogens is 442 g/mol. The second kappa shape index (κ2) is 14.6. The van der Waals surface area contributed by atoms with E-state index in [9.17, 15) is 34.2 Å². The molecule has 188 valence electrons. The van der Waals surface area contributed by atoms with Gasteiger partial charge in [-0.25, -0.2) is 4.79 Å². The van der Waals surface area contributed by atoms with Crippen LogP contribution in [0.4, 0.5) is 0 Å². The lowest BCUT2D eigenvalue weighted by Crippen LogP contribution is -2.59. The van der Waals surface area contributed by atoms with Crippen molar-refractivity contribution in [1.82, 2.24) is 16.0 Å². The van der Waals surface area contributed by atoms with Crippen LogP contribution in [-0.4, -0.2) is 88.3 Å². The third kappa shape index (κ3) is 11.6. The maximum absolute atomic E-state index is 12.6. The number of rotatable bonds is 15. The van der Waals surface area contributed by atoms with E-state index in [1.807, 2.05) is 0 Å². The Kier molecular flexibility index (Phi) is 13.0. The molecule has 0 spiro atoms. The second-order valence-corrected chi connectivity index (χ2v) is 7.53. The molecule has 12 N–H and O–H groups in total. The van der Waals surface area contributed by atoms with Gasteiger partial charge in [0.2, 0.25) is 17.7 Å². The third-order valence-electron chi connectivity index (χ3n) is 4.35. The first-order valence-corrected chi connectivity index (χ1v) is 10.1. The van der Waals surface area contributed by atoms with Crippen LogP contribution in [0.25, 0.3) is 0 Å². The average Bonchev–Trinajstić information content (AvgIpc) is 2.70. The topological polar surface area (TPSA) is 273 Å². The van der Waals surface area contributed by atoms with Gasteiger partial charge in [-0.15, -0.1) is 0 Å². The molecule has 0 aliphatic heterocycles. The smallest absolute Gasteiger partial charge is 0.326 e. The monoisotopic (exact) mass is 475 g/mol. The molecule has 0 saturated carbocycles. The number of nitrogens with one attached hydrogen (secondary N) is 3. The minimum atomic E-state index is -1.51. The Morgan fingerprint density at radius 1 is 0.909 bits per heavy atom. The first kappa shape index (κ1) is 29.5. The molecule has 0 bridgehead atoms. The van der Waals surface area contributed by atoms with Crippen molar-refractivity contribution in [3.05, 3.63) is 0 Å². The summed E-state index contributed by atoms with van der Waals surface area (Å²) in [6.07, 6.45) is -0.404. The summed E-state index contributed by atoms with van der Waals surface area (Å²) in [5.41, 5.74) is 15.8. The second-order valence-electron chi connectivity index (χ2n) is 7.53. The van der Waals surface area contributed by atoms with Crippen LogP contribution in [0.2, 0.25) is 0 Å². The molecule has 0 saturated heterocycles. The summed E-state index contributed by atoms with van der Waals surface area (Å²) in [5, 5.41) is 34.3. The first-order valence-electron chi connectivity index (χ1n) is 10.1. The van der Waals surface area contributed by atoms with Crippen LogP contribution in [0.15, 0.2) is 4.99 Å². The molecule has 0 aliphatic rings. The van der Waals surface area contributed by atoms with Gasteiger partial charge >= 0.3 is 11.9 Å². The maximum Gasteiger partial charge on any atom is 0.326 e. The Bertz CT molecular complexity index is 739. The van der Waals surface area contributed by atoms with Gasteiger partial charge in [-0.2, -0.15) is 0 Å². The van der Waals surface area contributed by atoms with Crippen molar-refractivity contribution < 1.29 is 39.3 Å². The number of carbonyl (C=O) groups excluding carboxylic acids is 3. The van der Waals surface area contributed by atoms with E-state index in [1.54, 1.807) is 13.8 Å². The number of carboxylic acids is 2. The minimum absolute atomic E-state index is 0.0212. The predicted molar refractivity (Wildman–Crippen MR) is 115 cm³/mol. The number of aliphatic imine (C=N–C) groups is 1. The lowest BCUT2D eigenvalue weighted by Gasteiger charge is -2.26. The number of hydrogen-bond donors (Lipinski definition) is 9. The summed E-state index contributed by atoms with van der Waals surface area (Å²) >= 11 is 0. The van der Waals surface area contributed by atoms with Gasteiger partial charge in [0, 0.05) is 6.54 Å². The molecule has 4 atom stereocenters. The highest BCUT2D eigenvalue weighted by Gasteiger charge is 2.31. The third-order valence-corrected chi connectivity index (χ3v) is 4.35. The molecule has 0 heterocycles. The zero-order valence-electron chi connectivity index (χ0n) is 18.5. The first-order chi connectivity index (χ1) is 15.3.